The molecule has 0 atom stereocenters. The first kappa shape index (κ1) is 13.3. The molecule has 3 aromatic rings. The quantitative estimate of drug-likeness (QED) is 0.653. The fourth-order valence-electron chi connectivity index (χ4n) is 2.76. The number of rotatable bonds is 2. The van der Waals surface area contributed by atoms with Crippen LogP contribution in [0.4, 0.5) is 0 Å². The van der Waals surface area contributed by atoms with Crippen molar-refractivity contribution in [2.24, 2.45) is 0 Å². The minimum atomic E-state index is -0.266. The number of benzene rings is 2. The second-order valence-electron chi connectivity index (χ2n) is 5.09. The van der Waals surface area contributed by atoms with Crippen LogP contribution in [0, 0.1) is 0 Å². The molecule has 1 aliphatic rings. The normalized spacial score (nSPS) is 14.0. The Morgan fingerprint density at radius 1 is 0.909 bits per heavy atom. The molecule has 22 heavy (non-hydrogen) atoms. The summed E-state index contributed by atoms with van der Waals surface area (Å²) in [5, 5.41) is 0.894. The summed E-state index contributed by atoms with van der Waals surface area (Å²) in [6.45, 7) is 0.184. The van der Waals surface area contributed by atoms with Crippen LogP contribution in [0.5, 0.6) is 0 Å². The van der Waals surface area contributed by atoms with Gasteiger partial charge in [-0.25, -0.2) is 0 Å². The molecule has 0 spiro atoms. The maximum atomic E-state index is 12.4. The Bertz CT molecular complexity index is 894. The lowest BCUT2D eigenvalue weighted by Crippen LogP contribution is -2.29. The highest BCUT2D eigenvalue weighted by atomic mass is 79.9. The number of para-hydroxylation sites is 1. The van der Waals surface area contributed by atoms with Gasteiger partial charge in [-0.2, -0.15) is 0 Å². The third-order valence-corrected chi connectivity index (χ3v) is 4.48. The SMILES string of the molecule is O=C1c2ccccc2C(=O)N1Cc1c(Br)oc2ccccc12. The molecule has 0 saturated heterocycles. The Labute approximate surface area is 134 Å². The number of halogens is 1. The van der Waals surface area contributed by atoms with Crippen LogP contribution in [-0.4, -0.2) is 16.7 Å². The van der Waals surface area contributed by atoms with Gasteiger partial charge in [0.2, 0.25) is 0 Å². The van der Waals surface area contributed by atoms with E-state index < -0.39 is 0 Å². The van der Waals surface area contributed by atoms with Gasteiger partial charge in [-0.3, -0.25) is 14.5 Å². The molecule has 108 valence electrons. The summed E-state index contributed by atoms with van der Waals surface area (Å²) in [6.07, 6.45) is 0. The molecule has 0 saturated carbocycles. The number of hydrogen-bond donors (Lipinski definition) is 0. The van der Waals surface area contributed by atoms with Gasteiger partial charge in [0, 0.05) is 10.9 Å². The van der Waals surface area contributed by atoms with Crippen molar-refractivity contribution in [3.8, 4) is 0 Å². The third-order valence-electron chi connectivity index (χ3n) is 3.84. The molecule has 2 aromatic carbocycles. The molecule has 1 aliphatic heterocycles. The molecule has 5 heteroatoms. The number of carbonyl (C=O) groups excluding carboxylic acids is 2. The van der Waals surface area contributed by atoms with E-state index in [-0.39, 0.29) is 18.4 Å². The Morgan fingerprint density at radius 3 is 2.18 bits per heavy atom. The van der Waals surface area contributed by atoms with Crippen LogP contribution in [0.25, 0.3) is 11.0 Å². The van der Waals surface area contributed by atoms with E-state index in [1.54, 1.807) is 24.3 Å². The van der Waals surface area contributed by atoms with E-state index in [0.717, 1.165) is 16.5 Å². The second kappa shape index (κ2) is 4.81. The highest BCUT2D eigenvalue weighted by molar-refractivity contribution is 9.10. The van der Waals surface area contributed by atoms with E-state index in [2.05, 4.69) is 15.9 Å². The molecule has 0 bridgehead atoms. The van der Waals surface area contributed by atoms with Crippen molar-refractivity contribution in [2.45, 2.75) is 6.54 Å². The molecule has 0 radical (unpaired) electrons. The van der Waals surface area contributed by atoms with Gasteiger partial charge in [0.1, 0.15) is 5.58 Å². The zero-order chi connectivity index (χ0) is 15.3. The van der Waals surface area contributed by atoms with Gasteiger partial charge in [0.25, 0.3) is 11.8 Å². The predicted molar refractivity (Wildman–Crippen MR) is 84.6 cm³/mol. The Morgan fingerprint density at radius 2 is 1.50 bits per heavy atom. The molecule has 0 unspecified atom stereocenters. The van der Waals surface area contributed by atoms with Gasteiger partial charge in [0.05, 0.1) is 17.7 Å². The lowest BCUT2D eigenvalue weighted by Gasteiger charge is -2.13. The topological polar surface area (TPSA) is 50.5 Å². The second-order valence-corrected chi connectivity index (χ2v) is 5.81. The number of amides is 2. The smallest absolute Gasteiger partial charge is 0.261 e. The molecule has 2 heterocycles. The van der Waals surface area contributed by atoms with Crippen molar-refractivity contribution >= 4 is 38.7 Å². The number of imide groups is 1. The summed E-state index contributed by atoms with van der Waals surface area (Å²) < 4.78 is 6.17. The molecule has 0 aliphatic carbocycles. The van der Waals surface area contributed by atoms with Gasteiger partial charge in [0.15, 0.2) is 4.67 Å². The Balaban J connectivity index is 1.77. The first-order valence-electron chi connectivity index (χ1n) is 6.78. The maximum absolute atomic E-state index is 12.4. The van der Waals surface area contributed by atoms with E-state index in [9.17, 15) is 9.59 Å². The Hall–Kier alpha value is -2.40. The van der Waals surface area contributed by atoms with Crippen LogP contribution >= 0.6 is 15.9 Å². The predicted octanol–water partition coefficient (Wildman–Crippen LogP) is 3.99. The molecule has 2 amide bonds. The number of fused-ring (bicyclic) bond motifs is 2. The number of nitrogens with zero attached hydrogens (tertiary/aromatic N) is 1. The van der Waals surface area contributed by atoms with E-state index in [1.165, 1.54) is 4.90 Å². The highest BCUT2D eigenvalue weighted by Gasteiger charge is 2.36. The summed E-state index contributed by atoms with van der Waals surface area (Å²) in [5.74, 6) is -0.532. The van der Waals surface area contributed by atoms with E-state index in [1.807, 2.05) is 24.3 Å². The zero-order valence-electron chi connectivity index (χ0n) is 11.4. The first-order chi connectivity index (χ1) is 10.7. The van der Waals surface area contributed by atoms with E-state index in [0.29, 0.717) is 15.8 Å². The van der Waals surface area contributed by atoms with Crippen LogP contribution in [0.1, 0.15) is 26.3 Å². The number of furan rings is 1. The van der Waals surface area contributed by atoms with Gasteiger partial charge < -0.3 is 4.42 Å². The fourth-order valence-corrected chi connectivity index (χ4v) is 3.27. The third kappa shape index (κ3) is 1.82. The number of hydrogen-bond acceptors (Lipinski definition) is 3. The van der Waals surface area contributed by atoms with E-state index >= 15 is 0 Å². The molecular formula is C17H10BrNO3. The van der Waals surface area contributed by atoms with Crippen molar-refractivity contribution in [1.29, 1.82) is 0 Å². The maximum Gasteiger partial charge on any atom is 0.261 e. The Kier molecular flexibility index (Phi) is 2.90. The number of carbonyl (C=O) groups is 2. The standard InChI is InChI=1S/C17H10BrNO3/c18-15-13(10-5-3-4-8-14(10)22-15)9-19-16(20)11-6-1-2-7-12(11)17(19)21/h1-8H,9H2. The lowest BCUT2D eigenvalue weighted by molar-refractivity contribution is 0.0642. The van der Waals surface area contributed by atoms with Gasteiger partial charge in [-0.05, 0) is 34.1 Å². The van der Waals surface area contributed by atoms with Crippen molar-refractivity contribution in [3.63, 3.8) is 0 Å². The monoisotopic (exact) mass is 355 g/mol. The van der Waals surface area contributed by atoms with Crippen molar-refractivity contribution in [3.05, 3.63) is 69.9 Å². The average molecular weight is 356 g/mol. The van der Waals surface area contributed by atoms with Crippen LogP contribution in [0.3, 0.4) is 0 Å². The average Bonchev–Trinajstić information content (AvgIpc) is 2.98. The van der Waals surface area contributed by atoms with Crippen LogP contribution in [0.15, 0.2) is 57.6 Å². The summed E-state index contributed by atoms with van der Waals surface area (Å²) in [5.41, 5.74) is 2.43. The molecule has 0 N–H and O–H groups in total. The highest BCUT2D eigenvalue weighted by Crippen LogP contribution is 2.33. The summed E-state index contributed by atoms with van der Waals surface area (Å²) >= 11 is 3.38. The molecule has 0 fully saturated rings. The van der Waals surface area contributed by atoms with Crippen LogP contribution in [-0.2, 0) is 6.54 Å². The lowest BCUT2D eigenvalue weighted by atomic mass is 10.1. The van der Waals surface area contributed by atoms with Crippen molar-refractivity contribution in [1.82, 2.24) is 4.90 Å². The molecular weight excluding hydrogens is 346 g/mol. The van der Waals surface area contributed by atoms with Crippen LogP contribution < -0.4 is 0 Å². The van der Waals surface area contributed by atoms with Gasteiger partial charge >= 0.3 is 0 Å². The minimum Gasteiger partial charge on any atom is -0.449 e. The van der Waals surface area contributed by atoms with Gasteiger partial charge in [-0.15, -0.1) is 0 Å². The minimum absolute atomic E-state index is 0.184. The zero-order valence-corrected chi connectivity index (χ0v) is 13.0. The molecule has 4 rings (SSSR count). The van der Waals surface area contributed by atoms with Crippen molar-refractivity contribution < 1.29 is 14.0 Å². The summed E-state index contributed by atoms with van der Waals surface area (Å²) in [6, 6.07) is 14.4. The summed E-state index contributed by atoms with van der Waals surface area (Å²) in [4.78, 5) is 26.1. The van der Waals surface area contributed by atoms with Crippen molar-refractivity contribution in [2.75, 3.05) is 0 Å². The largest absolute Gasteiger partial charge is 0.449 e. The van der Waals surface area contributed by atoms with Crippen LogP contribution in [0.2, 0.25) is 0 Å². The van der Waals surface area contributed by atoms with E-state index in [4.69, 9.17) is 4.42 Å². The summed E-state index contributed by atoms with van der Waals surface area (Å²) in [7, 11) is 0. The fraction of sp³-hybridized carbons (Fsp3) is 0.0588. The van der Waals surface area contributed by atoms with Gasteiger partial charge in [-0.1, -0.05) is 30.3 Å². The molecule has 4 nitrogen and oxygen atoms in total. The molecule has 1 aromatic heterocycles. The first-order valence-corrected chi connectivity index (χ1v) is 7.57.